The van der Waals surface area contributed by atoms with Crippen LogP contribution in [-0.4, -0.2) is 11.3 Å². The zero-order valence-corrected chi connectivity index (χ0v) is 9.38. The van der Waals surface area contributed by atoms with Crippen molar-refractivity contribution in [2.75, 3.05) is 0 Å². The number of carbonyl (C=O) groups excluding carboxylic acids is 1. The van der Waals surface area contributed by atoms with E-state index in [1.807, 2.05) is 0 Å². The molecule has 0 bridgehead atoms. The Balaban J connectivity index is 2.37. The molecule has 0 spiro atoms. The summed E-state index contributed by atoms with van der Waals surface area (Å²) in [7, 11) is 0. The van der Waals surface area contributed by atoms with E-state index in [-0.39, 0.29) is 10.5 Å². The van der Waals surface area contributed by atoms with Crippen LogP contribution in [0.1, 0.15) is 10.4 Å². The van der Waals surface area contributed by atoms with Gasteiger partial charge >= 0.3 is 0 Å². The minimum absolute atomic E-state index is 0.0147. The van der Waals surface area contributed by atoms with Gasteiger partial charge in [-0.2, -0.15) is 0 Å². The Bertz CT molecular complexity index is 522. The van der Waals surface area contributed by atoms with Gasteiger partial charge in [-0.25, -0.2) is 8.78 Å². The number of benzene rings is 1. The van der Waals surface area contributed by atoms with Gasteiger partial charge < -0.3 is 0 Å². The molecule has 1 heterocycles. The second-order valence-corrected chi connectivity index (χ2v) is 4.30. The first-order valence-electron chi connectivity index (χ1n) is 4.73. The molecule has 86 valence electrons. The molecule has 1 aromatic heterocycles. The van der Waals surface area contributed by atoms with Gasteiger partial charge in [0.1, 0.15) is 17.9 Å². The van der Waals surface area contributed by atoms with Crippen molar-refractivity contribution < 1.29 is 13.6 Å². The van der Waals surface area contributed by atoms with Crippen LogP contribution < -0.4 is 0 Å². The number of aromatic nitrogens is 1. The first kappa shape index (κ1) is 11.7. The van der Waals surface area contributed by atoms with Crippen molar-refractivity contribution >= 4 is 18.0 Å². The zero-order chi connectivity index (χ0) is 12.3. The van der Waals surface area contributed by atoms with E-state index in [1.54, 1.807) is 12.1 Å². The Morgan fingerprint density at radius 1 is 1.12 bits per heavy atom. The Morgan fingerprint density at radius 3 is 2.24 bits per heavy atom. The van der Waals surface area contributed by atoms with E-state index in [0.29, 0.717) is 11.2 Å². The maximum atomic E-state index is 13.5. The topological polar surface area (TPSA) is 30.0 Å². The van der Waals surface area contributed by atoms with E-state index in [2.05, 4.69) is 4.98 Å². The summed E-state index contributed by atoms with van der Waals surface area (Å²) in [5.41, 5.74) is -0.0147. The highest BCUT2D eigenvalue weighted by atomic mass is 32.2. The van der Waals surface area contributed by atoms with Crippen molar-refractivity contribution in [3.8, 4) is 0 Å². The largest absolute Gasteiger partial charge is 0.298 e. The predicted molar refractivity (Wildman–Crippen MR) is 60.1 cm³/mol. The second kappa shape index (κ2) is 5.05. The predicted octanol–water partition coefficient (Wildman–Crippen LogP) is 3.32. The van der Waals surface area contributed by atoms with E-state index < -0.39 is 11.6 Å². The first-order chi connectivity index (χ1) is 8.20. The minimum atomic E-state index is -0.742. The lowest BCUT2D eigenvalue weighted by Crippen LogP contribution is -1.91. The third-order valence-electron chi connectivity index (χ3n) is 2.03. The monoisotopic (exact) mass is 251 g/mol. The number of rotatable bonds is 3. The van der Waals surface area contributed by atoms with Gasteiger partial charge in [-0.1, -0.05) is 11.8 Å². The van der Waals surface area contributed by atoms with Gasteiger partial charge in [0.05, 0.1) is 4.90 Å². The summed E-state index contributed by atoms with van der Waals surface area (Å²) in [6, 6.07) is 5.33. The van der Waals surface area contributed by atoms with Crippen molar-refractivity contribution in [3.05, 3.63) is 53.9 Å². The molecule has 5 heteroatoms. The normalized spacial score (nSPS) is 10.2. The molecule has 0 fully saturated rings. The molecule has 0 atom stereocenters. The van der Waals surface area contributed by atoms with Crippen LogP contribution in [0.25, 0.3) is 0 Å². The first-order valence-corrected chi connectivity index (χ1v) is 5.54. The zero-order valence-electron chi connectivity index (χ0n) is 8.56. The SMILES string of the molecule is O=Cc1cc(F)c(Sc2ccncc2)c(F)c1. The average molecular weight is 251 g/mol. The number of nitrogens with zero attached hydrogens (tertiary/aromatic N) is 1. The van der Waals surface area contributed by atoms with Crippen LogP contribution in [0.15, 0.2) is 46.5 Å². The molecule has 0 aliphatic rings. The van der Waals surface area contributed by atoms with Crippen LogP contribution in [-0.2, 0) is 0 Å². The van der Waals surface area contributed by atoms with Crippen LogP contribution in [0.3, 0.4) is 0 Å². The van der Waals surface area contributed by atoms with Gasteiger partial charge in [-0.15, -0.1) is 0 Å². The third kappa shape index (κ3) is 2.68. The highest BCUT2D eigenvalue weighted by Gasteiger charge is 2.12. The summed E-state index contributed by atoms with van der Waals surface area (Å²) in [6.07, 6.45) is 3.49. The Labute approximate surface area is 101 Å². The van der Waals surface area contributed by atoms with Crippen LogP contribution in [0.2, 0.25) is 0 Å². The number of pyridine rings is 1. The smallest absolute Gasteiger partial charge is 0.150 e. The van der Waals surface area contributed by atoms with Gasteiger partial charge in [0.15, 0.2) is 0 Å². The van der Waals surface area contributed by atoms with E-state index in [1.165, 1.54) is 12.4 Å². The number of halogens is 2. The lowest BCUT2D eigenvalue weighted by atomic mass is 10.2. The Kier molecular flexibility index (Phi) is 3.49. The summed E-state index contributed by atoms with van der Waals surface area (Å²) in [5, 5.41) is 0. The van der Waals surface area contributed by atoms with E-state index in [4.69, 9.17) is 0 Å². The third-order valence-corrected chi connectivity index (χ3v) is 3.13. The highest BCUT2D eigenvalue weighted by molar-refractivity contribution is 7.99. The van der Waals surface area contributed by atoms with Gasteiger partial charge in [0, 0.05) is 22.9 Å². The standard InChI is InChI=1S/C12H7F2NOS/c13-10-5-8(7-16)6-11(14)12(10)17-9-1-3-15-4-2-9/h1-7H. The Morgan fingerprint density at radius 2 is 1.71 bits per heavy atom. The quantitative estimate of drug-likeness (QED) is 0.784. The van der Waals surface area contributed by atoms with E-state index in [9.17, 15) is 13.6 Å². The summed E-state index contributed by atoms with van der Waals surface area (Å²) in [4.78, 5) is 14.8. The van der Waals surface area contributed by atoms with Crippen molar-refractivity contribution in [2.24, 2.45) is 0 Å². The Hall–Kier alpha value is -1.75. The van der Waals surface area contributed by atoms with Gasteiger partial charge in [0.2, 0.25) is 0 Å². The molecule has 0 saturated heterocycles. The van der Waals surface area contributed by atoms with E-state index in [0.717, 1.165) is 23.9 Å². The molecule has 1 aromatic carbocycles. The molecule has 17 heavy (non-hydrogen) atoms. The summed E-state index contributed by atoms with van der Waals surface area (Å²) in [6.45, 7) is 0. The van der Waals surface area contributed by atoms with Crippen molar-refractivity contribution in [3.63, 3.8) is 0 Å². The second-order valence-electron chi connectivity index (χ2n) is 3.22. The van der Waals surface area contributed by atoms with Gasteiger partial charge in [-0.05, 0) is 24.3 Å². The fourth-order valence-electron chi connectivity index (χ4n) is 1.27. The number of hydrogen-bond donors (Lipinski definition) is 0. The number of aldehydes is 1. The molecule has 0 N–H and O–H groups in total. The molecule has 0 radical (unpaired) electrons. The summed E-state index contributed by atoms with van der Waals surface area (Å²) >= 11 is 0.954. The summed E-state index contributed by atoms with van der Waals surface area (Å²) in [5.74, 6) is -1.48. The molecular weight excluding hydrogens is 244 g/mol. The molecule has 0 aliphatic heterocycles. The maximum absolute atomic E-state index is 13.5. The number of carbonyl (C=O) groups is 1. The van der Waals surface area contributed by atoms with Crippen molar-refractivity contribution in [2.45, 2.75) is 9.79 Å². The van der Waals surface area contributed by atoms with E-state index >= 15 is 0 Å². The average Bonchev–Trinajstić information content (AvgIpc) is 2.35. The fraction of sp³-hybridized carbons (Fsp3) is 0. The molecule has 0 saturated carbocycles. The molecule has 0 aliphatic carbocycles. The van der Waals surface area contributed by atoms with Gasteiger partial charge in [0.25, 0.3) is 0 Å². The maximum Gasteiger partial charge on any atom is 0.150 e. The van der Waals surface area contributed by atoms with Crippen LogP contribution in [0.5, 0.6) is 0 Å². The molecule has 2 nitrogen and oxygen atoms in total. The minimum Gasteiger partial charge on any atom is -0.298 e. The highest BCUT2D eigenvalue weighted by Crippen LogP contribution is 2.32. The van der Waals surface area contributed by atoms with Crippen molar-refractivity contribution in [1.82, 2.24) is 4.98 Å². The van der Waals surface area contributed by atoms with Crippen LogP contribution in [0, 0.1) is 11.6 Å². The molecule has 0 unspecified atom stereocenters. The lowest BCUT2D eigenvalue weighted by molar-refractivity contribution is 0.112. The molecule has 0 amide bonds. The number of hydrogen-bond acceptors (Lipinski definition) is 3. The van der Waals surface area contributed by atoms with Gasteiger partial charge in [-0.3, -0.25) is 9.78 Å². The van der Waals surface area contributed by atoms with Crippen LogP contribution in [0.4, 0.5) is 8.78 Å². The molecule has 2 rings (SSSR count). The fourth-order valence-corrected chi connectivity index (χ4v) is 2.08. The summed E-state index contributed by atoms with van der Waals surface area (Å²) < 4.78 is 27.1. The van der Waals surface area contributed by atoms with Crippen molar-refractivity contribution in [1.29, 1.82) is 0 Å². The molecular formula is C12H7F2NOS. The van der Waals surface area contributed by atoms with Crippen LogP contribution >= 0.6 is 11.8 Å². The molecule has 2 aromatic rings. The lowest BCUT2D eigenvalue weighted by Gasteiger charge is -2.05.